The number of aromatic carboxylic acids is 1. The summed E-state index contributed by atoms with van der Waals surface area (Å²) in [6.07, 6.45) is -2.84. The molecule has 0 aliphatic carbocycles. The van der Waals surface area contributed by atoms with Gasteiger partial charge in [-0.2, -0.15) is 0 Å². The summed E-state index contributed by atoms with van der Waals surface area (Å²) >= 11 is 2.82. The third-order valence-electron chi connectivity index (χ3n) is 1.44. The molecule has 0 aliphatic heterocycles. The van der Waals surface area contributed by atoms with Gasteiger partial charge >= 0.3 is 5.97 Å². The maximum absolute atomic E-state index is 12.3. The number of carboxylic acids is 1. The third-order valence-corrected chi connectivity index (χ3v) is 2.08. The van der Waals surface area contributed by atoms with Crippen LogP contribution in [0.25, 0.3) is 0 Å². The Kier molecular flexibility index (Phi) is 3.00. The summed E-state index contributed by atoms with van der Waals surface area (Å²) in [4.78, 5) is 13.8. The van der Waals surface area contributed by atoms with Crippen molar-refractivity contribution in [2.45, 2.75) is 6.43 Å². The van der Waals surface area contributed by atoms with E-state index in [0.717, 1.165) is 6.07 Å². The SMILES string of the molecule is Nc1cc(Br)c(C(F)F)nc1C(=O)O. The molecule has 0 bridgehead atoms. The number of halogens is 3. The van der Waals surface area contributed by atoms with Gasteiger partial charge in [-0.05, 0) is 22.0 Å². The van der Waals surface area contributed by atoms with Gasteiger partial charge in [0.1, 0.15) is 5.69 Å². The van der Waals surface area contributed by atoms with E-state index >= 15 is 0 Å². The maximum Gasteiger partial charge on any atom is 0.356 e. The van der Waals surface area contributed by atoms with Gasteiger partial charge in [0, 0.05) is 4.47 Å². The average molecular weight is 267 g/mol. The zero-order valence-electron chi connectivity index (χ0n) is 6.67. The Balaban J connectivity index is 3.34. The Labute approximate surface area is 85.9 Å². The number of aromatic nitrogens is 1. The number of carboxylic acid groups (broad SMARTS) is 1. The van der Waals surface area contributed by atoms with Crippen LogP contribution in [0, 0.1) is 0 Å². The number of nitrogens with two attached hydrogens (primary N) is 1. The predicted octanol–water partition coefficient (Wildman–Crippen LogP) is 2.06. The number of alkyl halides is 2. The number of nitrogen functional groups attached to an aromatic ring is 1. The van der Waals surface area contributed by atoms with Crippen LogP contribution >= 0.6 is 15.9 Å². The van der Waals surface area contributed by atoms with E-state index in [0.29, 0.717) is 0 Å². The number of hydrogen-bond acceptors (Lipinski definition) is 3. The first kappa shape index (κ1) is 10.8. The Morgan fingerprint density at radius 1 is 1.64 bits per heavy atom. The van der Waals surface area contributed by atoms with Gasteiger partial charge in [-0.1, -0.05) is 0 Å². The smallest absolute Gasteiger partial charge is 0.356 e. The molecule has 76 valence electrons. The first-order chi connectivity index (χ1) is 6.43. The number of nitrogens with zero attached hydrogens (tertiary/aromatic N) is 1. The fourth-order valence-electron chi connectivity index (χ4n) is 0.842. The van der Waals surface area contributed by atoms with Crippen molar-refractivity contribution >= 4 is 27.6 Å². The molecule has 0 spiro atoms. The molecule has 0 fully saturated rings. The van der Waals surface area contributed by atoms with E-state index in [1.54, 1.807) is 0 Å². The van der Waals surface area contributed by atoms with Crippen LogP contribution in [0.1, 0.15) is 22.6 Å². The first-order valence-electron chi connectivity index (χ1n) is 3.41. The van der Waals surface area contributed by atoms with Gasteiger partial charge in [-0.25, -0.2) is 18.6 Å². The third kappa shape index (κ3) is 1.98. The van der Waals surface area contributed by atoms with Crippen molar-refractivity contribution in [2.75, 3.05) is 5.73 Å². The van der Waals surface area contributed by atoms with Crippen molar-refractivity contribution in [3.63, 3.8) is 0 Å². The van der Waals surface area contributed by atoms with E-state index in [-0.39, 0.29) is 10.2 Å². The number of pyridine rings is 1. The van der Waals surface area contributed by atoms with Gasteiger partial charge in [0.15, 0.2) is 5.69 Å². The predicted molar refractivity (Wildman–Crippen MR) is 48.3 cm³/mol. The lowest BCUT2D eigenvalue weighted by Crippen LogP contribution is -2.08. The number of hydrogen-bond donors (Lipinski definition) is 2. The monoisotopic (exact) mass is 266 g/mol. The lowest BCUT2D eigenvalue weighted by atomic mass is 10.2. The zero-order valence-corrected chi connectivity index (χ0v) is 8.25. The Morgan fingerprint density at radius 3 is 2.64 bits per heavy atom. The second-order valence-electron chi connectivity index (χ2n) is 2.40. The van der Waals surface area contributed by atoms with Crippen LogP contribution in [0.2, 0.25) is 0 Å². The summed E-state index contributed by atoms with van der Waals surface area (Å²) in [6, 6.07) is 1.10. The summed E-state index contributed by atoms with van der Waals surface area (Å²) in [5.74, 6) is -1.43. The normalized spacial score (nSPS) is 10.6. The van der Waals surface area contributed by atoms with E-state index in [1.807, 2.05) is 0 Å². The summed E-state index contributed by atoms with van der Waals surface area (Å²) in [6.45, 7) is 0. The summed E-state index contributed by atoms with van der Waals surface area (Å²) in [5.41, 5.74) is 3.92. The van der Waals surface area contributed by atoms with Crippen molar-refractivity contribution in [1.29, 1.82) is 0 Å². The molecular formula is C7H5BrF2N2O2. The van der Waals surface area contributed by atoms with E-state index in [4.69, 9.17) is 10.8 Å². The highest BCUT2D eigenvalue weighted by Gasteiger charge is 2.19. The van der Waals surface area contributed by atoms with Crippen molar-refractivity contribution < 1.29 is 18.7 Å². The molecule has 7 heteroatoms. The van der Waals surface area contributed by atoms with Gasteiger partial charge in [0.2, 0.25) is 0 Å². The molecule has 0 atom stereocenters. The molecule has 0 radical (unpaired) electrons. The van der Waals surface area contributed by atoms with Gasteiger partial charge in [-0.15, -0.1) is 0 Å². The standard InChI is InChI=1S/C7H5BrF2N2O2/c8-2-1-3(11)5(7(13)14)12-4(2)6(9)10/h1,6H,11H2,(H,13,14). The molecule has 1 heterocycles. The number of anilines is 1. The molecule has 0 amide bonds. The molecule has 1 rings (SSSR count). The Hall–Kier alpha value is -1.24. The molecule has 0 aliphatic rings. The van der Waals surface area contributed by atoms with Crippen molar-refractivity contribution in [2.24, 2.45) is 0 Å². The lowest BCUT2D eigenvalue weighted by Gasteiger charge is -2.05. The molecule has 0 aromatic carbocycles. The molecule has 1 aromatic heterocycles. The van der Waals surface area contributed by atoms with Crippen molar-refractivity contribution in [3.8, 4) is 0 Å². The van der Waals surface area contributed by atoms with E-state index in [1.165, 1.54) is 0 Å². The highest BCUT2D eigenvalue weighted by atomic mass is 79.9. The molecular weight excluding hydrogens is 262 g/mol. The fourth-order valence-corrected chi connectivity index (χ4v) is 1.35. The lowest BCUT2D eigenvalue weighted by molar-refractivity contribution is 0.0690. The molecule has 0 saturated carbocycles. The summed E-state index contributed by atoms with van der Waals surface area (Å²) in [5, 5.41) is 8.56. The quantitative estimate of drug-likeness (QED) is 0.859. The van der Waals surface area contributed by atoms with Crippen LogP contribution in [0.4, 0.5) is 14.5 Å². The van der Waals surface area contributed by atoms with Crippen LogP contribution in [0.15, 0.2) is 10.5 Å². The largest absolute Gasteiger partial charge is 0.476 e. The highest BCUT2D eigenvalue weighted by molar-refractivity contribution is 9.10. The summed E-state index contributed by atoms with van der Waals surface area (Å²) in [7, 11) is 0. The highest BCUT2D eigenvalue weighted by Crippen LogP contribution is 2.28. The Morgan fingerprint density at radius 2 is 2.21 bits per heavy atom. The first-order valence-corrected chi connectivity index (χ1v) is 4.20. The minimum absolute atomic E-state index is 0.00463. The molecule has 14 heavy (non-hydrogen) atoms. The van der Waals surface area contributed by atoms with E-state index in [2.05, 4.69) is 20.9 Å². The average Bonchev–Trinajstić information content (AvgIpc) is 2.02. The van der Waals surface area contributed by atoms with Crippen LogP contribution in [-0.2, 0) is 0 Å². The van der Waals surface area contributed by atoms with Crippen LogP contribution in [0.5, 0.6) is 0 Å². The molecule has 1 aromatic rings. The van der Waals surface area contributed by atoms with Crippen molar-refractivity contribution in [3.05, 3.63) is 21.9 Å². The topological polar surface area (TPSA) is 76.2 Å². The van der Waals surface area contributed by atoms with Gasteiger partial charge < -0.3 is 10.8 Å². The molecule has 0 unspecified atom stereocenters. The second kappa shape index (κ2) is 3.87. The van der Waals surface area contributed by atoms with Crippen LogP contribution < -0.4 is 5.73 Å². The fraction of sp³-hybridized carbons (Fsp3) is 0.143. The Bertz CT molecular complexity index is 384. The van der Waals surface area contributed by atoms with Crippen LogP contribution in [0.3, 0.4) is 0 Å². The van der Waals surface area contributed by atoms with E-state index < -0.39 is 23.8 Å². The van der Waals surface area contributed by atoms with Gasteiger partial charge in [-0.3, -0.25) is 0 Å². The number of rotatable bonds is 2. The van der Waals surface area contributed by atoms with Crippen molar-refractivity contribution in [1.82, 2.24) is 4.98 Å². The molecule has 0 saturated heterocycles. The zero-order chi connectivity index (χ0) is 10.9. The van der Waals surface area contributed by atoms with Gasteiger partial charge in [0.25, 0.3) is 6.43 Å². The molecule has 4 nitrogen and oxygen atoms in total. The van der Waals surface area contributed by atoms with Gasteiger partial charge in [0.05, 0.1) is 5.69 Å². The molecule has 3 N–H and O–H groups in total. The van der Waals surface area contributed by atoms with E-state index in [9.17, 15) is 13.6 Å². The second-order valence-corrected chi connectivity index (χ2v) is 3.25. The summed E-state index contributed by atoms with van der Waals surface area (Å²) < 4.78 is 24.5. The minimum atomic E-state index is -2.84. The van der Waals surface area contributed by atoms with Crippen LogP contribution in [-0.4, -0.2) is 16.1 Å². The maximum atomic E-state index is 12.3. The minimum Gasteiger partial charge on any atom is -0.476 e. The number of carbonyl (C=O) groups is 1.